The van der Waals surface area contributed by atoms with Crippen molar-refractivity contribution < 1.29 is 8.78 Å². The van der Waals surface area contributed by atoms with Gasteiger partial charge in [0.2, 0.25) is 5.69 Å². The quantitative estimate of drug-likeness (QED) is 0.473. The smallest absolute Gasteiger partial charge is 0.260 e. The van der Waals surface area contributed by atoms with Crippen LogP contribution in [-0.2, 0) is 0 Å². The lowest BCUT2D eigenvalue weighted by Crippen LogP contribution is -2.35. The van der Waals surface area contributed by atoms with Gasteiger partial charge in [-0.15, -0.1) is 0 Å². The van der Waals surface area contributed by atoms with Crippen molar-refractivity contribution in [1.29, 1.82) is 0 Å². The second kappa shape index (κ2) is 8.43. The van der Waals surface area contributed by atoms with Crippen LogP contribution in [-0.4, -0.2) is 22.6 Å². The van der Waals surface area contributed by atoms with Crippen molar-refractivity contribution in [2.45, 2.75) is 38.5 Å². The predicted molar refractivity (Wildman–Crippen MR) is 124 cm³/mol. The van der Waals surface area contributed by atoms with Crippen molar-refractivity contribution in [2.24, 2.45) is 5.92 Å². The first kappa shape index (κ1) is 21.3. The minimum Gasteiger partial charge on any atom is -0.356 e. The normalized spacial score (nSPS) is 16.6. The summed E-state index contributed by atoms with van der Waals surface area (Å²) in [5, 5.41) is 0. The number of aromatic nitrogens is 2. The molecule has 33 heavy (non-hydrogen) atoms. The summed E-state index contributed by atoms with van der Waals surface area (Å²) in [7, 11) is 0. The Kier molecular flexibility index (Phi) is 5.45. The number of piperidine rings is 1. The summed E-state index contributed by atoms with van der Waals surface area (Å²) in [5.41, 5.74) is 0.900. The second-order valence-corrected chi connectivity index (χ2v) is 9.04. The Morgan fingerprint density at radius 3 is 2.39 bits per heavy atom. The van der Waals surface area contributed by atoms with E-state index < -0.39 is 5.82 Å². The number of rotatable bonds is 4. The average Bonchev–Trinajstić information content (AvgIpc) is 3.64. The summed E-state index contributed by atoms with van der Waals surface area (Å²) in [6, 6.07) is 10.4. The summed E-state index contributed by atoms with van der Waals surface area (Å²) in [6.07, 6.45) is 3.95. The van der Waals surface area contributed by atoms with Crippen molar-refractivity contribution >= 4 is 11.5 Å². The lowest BCUT2D eigenvalue weighted by molar-refractivity contribution is 0.436. The van der Waals surface area contributed by atoms with Crippen LogP contribution < -0.4 is 10.5 Å². The second-order valence-electron chi connectivity index (χ2n) is 9.04. The van der Waals surface area contributed by atoms with Gasteiger partial charge in [-0.3, -0.25) is 9.36 Å². The van der Waals surface area contributed by atoms with Crippen molar-refractivity contribution in [3.8, 4) is 17.1 Å². The minimum atomic E-state index is -0.684. The summed E-state index contributed by atoms with van der Waals surface area (Å²) >= 11 is 0. The highest BCUT2D eigenvalue weighted by atomic mass is 19.1. The van der Waals surface area contributed by atoms with E-state index in [9.17, 15) is 13.6 Å². The van der Waals surface area contributed by atoms with E-state index in [1.165, 1.54) is 28.8 Å². The Balaban J connectivity index is 1.66. The molecular weight excluding hydrogens is 422 g/mol. The van der Waals surface area contributed by atoms with E-state index >= 15 is 0 Å². The summed E-state index contributed by atoms with van der Waals surface area (Å²) in [6.45, 7) is 10.9. The number of hydrogen-bond donors (Lipinski definition) is 0. The van der Waals surface area contributed by atoms with Crippen molar-refractivity contribution in [3.05, 3.63) is 81.4 Å². The highest BCUT2D eigenvalue weighted by molar-refractivity contribution is 5.65. The van der Waals surface area contributed by atoms with Crippen LogP contribution in [0.5, 0.6) is 0 Å². The molecule has 0 unspecified atom stereocenters. The monoisotopic (exact) mass is 446 g/mol. The van der Waals surface area contributed by atoms with Gasteiger partial charge in [-0.1, -0.05) is 25.1 Å². The Labute approximate surface area is 191 Å². The first-order valence-electron chi connectivity index (χ1n) is 11.3. The first-order chi connectivity index (χ1) is 15.9. The van der Waals surface area contributed by atoms with Crippen molar-refractivity contribution in [3.63, 3.8) is 0 Å². The Bertz CT molecular complexity index is 1310. The van der Waals surface area contributed by atoms with Gasteiger partial charge in [-0.25, -0.2) is 18.6 Å². The summed E-state index contributed by atoms with van der Waals surface area (Å²) in [5.74, 6) is 0.581. The van der Waals surface area contributed by atoms with Gasteiger partial charge in [-0.05, 0) is 61.3 Å². The van der Waals surface area contributed by atoms with Gasteiger partial charge >= 0.3 is 0 Å². The van der Waals surface area contributed by atoms with E-state index in [4.69, 9.17) is 11.6 Å². The molecule has 168 valence electrons. The number of halogens is 2. The molecule has 3 aromatic rings. The molecule has 0 radical (unpaired) electrons. The molecule has 1 saturated heterocycles. The SMILES string of the molecule is [C-]#[N+]c1ccc(-c2nc(N3CCC(C)CC3)cc(=O)n2-c2ccc(C3CC3)c(F)c2)cc1F. The van der Waals surface area contributed by atoms with Crippen LogP contribution in [0.1, 0.15) is 44.1 Å². The van der Waals surface area contributed by atoms with Gasteiger partial charge in [0, 0.05) is 24.7 Å². The molecule has 0 atom stereocenters. The highest BCUT2D eigenvalue weighted by Crippen LogP contribution is 2.41. The van der Waals surface area contributed by atoms with Gasteiger partial charge in [0.25, 0.3) is 5.56 Å². The van der Waals surface area contributed by atoms with Gasteiger partial charge in [0.15, 0.2) is 0 Å². The van der Waals surface area contributed by atoms with Gasteiger partial charge in [0.05, 0.1) is 12.3 Å². The van der Waals surface area contributed by atoms with Crippen LogP contribution in [0.3, 0.4) is 0 Å². The number of anilines is 1. The van der Waals surface area contributed by atoms with Crippen LogP contribution in [0.25, 0.3) is 21.9 Å². The molecule has 1 aromatic heterocycles. The third-order valence-electron chi connectivity index (χ3n) is 6.60. The number of benzene rings is 2. The zero-order valence-electron chi connectivity index (χ0n) is 18.4. The van der Waals surface area contributed by atoms with Crippen LogP contribution in [0.4, 0.5) is 20.3 Å². The molecule has 1 aliphatic carbocycles. The van der Waals surface area contributed by atoms with E-state index in [-0.39, 0.29) is 28.8 Å². The number of hydrogen-bond acceptors (Lipinski definition) is 3. The molecule has 1 saturated carbocycles. The molecule has 0 bridgehead atoms. The van der Waals surface area contributed by atoms with Gasteiger partial charge in [0.1, 0.15) is 23.3 Å². The molecule has 2 heterocycles. The van der Waals surface area contributed by atoms with E-state index in [1.54, 1.807) is 18.2 Å². The minimum absolute atomic E-state index is 0.103. The van der Waals surface area contributed by atoms with Crippen LogP contribution >= 0.6 is 0 Å². The molecule has 1 aliphatic heterocycles. The number of nitrogens with zero attached hydrogens (tertiary/aromatic N) is 4. The molecule has 5 nitrogen and oxygen atoms in total. The maximum atomic E-state index is 14.8. The first-order valence-corrected chi connectivity index (χ1v) is 11.3. The van der Waals surface area contributed by atoms with E-state index in [0.29, 0.717) is 28.6 Å². The third-order valence-corrected chi connectivity index (χ3v) is 6.60. The Hall–Kier alpha value is -3.53. The fourth-order valence-electron chi connectivity index (χ4n) is 4.43. The molecule has 2 aliphatic rings. The molecule has 5 rings (SSSR count). The maximum absolute atomic E-state index is 14.8. The lowest BCUT2D eigenvalue weighted by Gasteiger charge is -2.31. The summed E-state index contributed by atoms with van der Waals surface area (Å²) < 4.78 is 30.6. The fraction of sp³-hybridized carbons (Fsp3) is 0.346. The third kappa shape index (κ3) is 4.13. The molecule has 7 heteroatoms. The molecule has 0 spiro atoms. The lowest BCUT2D eigenvalue weighted by atomic mass is 9.99. The van der Waals surface area contributed by atoms with Crippen molar-refractivity contribution in [2.75, 3.05) is 18.0 Å². The summed E-state index contributed by atoms with van der Waals surface area (Å²) in [4.78, 5) is 23.3. The zero-order valence-corrected chi connectivity index (χ0v) is 18.4. The standard InChI is InChI=1S/C26H24F2N4O/c1-16-9-11-31(12-10-16)24-15-25(33)32(19-6-7-20(17-3-4-17)21(27)14-19)26(30-24)18-5-8-23(29-2)22(28)13-18/h5-8,13-17H,3-4,9-12H2,1H3. The van der Waals surface area contributed by atoms with E-state index in [2.05, 4.69) is 16.7 Å². The molecule has 2 aromatic carbocycles. The van der Waals surface area contributed by atoms with Gasteiger partial charge in [-0.2, -0.15) is 0 Å². The molecule has 2 fully saturated rings. The fourth-order valence-corrected chi connectivity index (χ4v) is 4.43. The van der Waals surface area contributed by atoms with Crippen molar-refractivity contribution in [1.82, 2.24) is 9.55 Å². The van der Waals surface area contributed by atoms with Crippen LogP contribution in [0.15, 0.2) is 47.3 Å². The Morgan fingerprint density at radius 2 is 1.76 bits per heavy atom. The highest BCUT2D eigenvalue weighted by Gasteiger charge is 2.27. The molecular formula is C26H24F2N4O. The molecule has 0 amide bonds. The predicted octanol–water partition coefficient (Wildman–Crippen LogP) is 5.84. The topological polar surface area (TPSA) is 42.5 Å². The van der Waals surface area contributed by atoms with Crippen LogP contribution in [0, 0.1) is 24.1 Å². The van der Waals surface area contributed by atoms with Crippen LogP contribution in [0.2, 0.25) is 0 Å². The maximum Gasteiger partial charge on any atom is 0.260 e. The Morgan fingerprint density at radius 1 is 1.00 bits per heavy atom. The van der Waals surface area contributed by atoms with E-state index in [0.717, 1.165) is 38.8 Å². The van der Waals surface area contributed by atoms with Gasteiger partial charge < -0.3 is 4.90 Å². The van der Waals surface area contributed by atoms with E-state index in [1.807, 2.05) is 0 Å². The largest absolute Gasteiger partial charge is 0.356 e. The average molecular weight is 447 g/mol. The molecule has 0 N–H and O–H groups in total. The zero-order chi connectivity index (χ0) is 23.1.